The molecule has 1 aliphatic carbocycles. The largest absolute Gasteiger partial charge is 0.512 e. The van der Waals surface area contributed by atoms with Crippen LogP contribution in [0, 0.1) is 16.7 Å². The summed E-state index contributed by atoms with van der Waals surface area (Å²) in [6.07, 6.45) is 5.70. The fraction of sp³-hybridized carbons (Fsp3) is 0.833. The van der Waals surface area contributed by atoms with E-state index in [4.69, 9.17) is 0 Å². The Bertz CT molecular complexity index is 311. The van der Waals surface area contributed by atoms with E-state index in [0.717, 1.165) is 12.5 Å². The topological polar surface area (TPSA) is 32.3 Å². The molecule has 0 aromatic carbocycles. The van der Waals surface area contributed by atoms with Crippen molar-refractivity contribution in [2.75, 3.05) is 6.54 Å². The zero-order valence-corrected chi connectivity index (χ0v) is 9.01. The zero-order valence-electron chi connectivity index (χ0n) is 9.01. The summed E-state index contributed by atoms with van der Waals surface area (Å²) in [7, 11) is 0. The van der Waals surface area contributed by atoms with E-state index in [1.165, 1.54) is 19.3 Å². The Kier molecular flexibility index (Phi) is 1.48. The van der Waals surface area contributed by atoms with Gasteiger partial charge in [-0.2, -0.15) is 0 Å². The van der Waals surface area contributed by atoms with Gasteiger partial charge in [0.25, 0.3) is 0 Å². The maximum absolute atomic E-state index is 10.1. The van der Waals surface area contributed by atoms with Gasteiger partial charge >= 0.3 is 0 Å². The van der Waals surface area contributed by atoms with E-state index in [9.17, 15) is 5.11 Å². The second-order valence-corrected chi connectivity index (χ2v) is 5.87. The number of rotatable bonds is 0. The summed E-state index contributed by atoms with van der Waals surface area (Å²) in [5.41, 5.74) is 0.474. The zero-order chi connectivity index (χ0) is 9.97. The van der Waals surface area contributed by atoms with Gasteiger partial charge in [0.2, 0.25) is 0 Å². The maximum Gasteiger partial charge on any atom is 0.0963 e. The molecule has 3 rings (SSSR count). The average molecular weight is 193 g/mol. The van der Waals surface area contributed by atoms with Crippen LogP contribution < -0.4 is 5.32 Å². The first-order valence-corrected chi connectivity index (χ1v) is 5.70. The molecule has 4 atom stereocenters. The summed E-state index contributed by atoms with van der Waals surface area (Å²) in [6.45, 7) is 5.66. The quantitative estimate of drug-likeness (QED) is 0.618. The fourth-order valence-corrected chi connectivity index (χ4v) is 3.72. The normalized spacial score (nSPS) is 55.7. The first kappa shape index (κ1) is 8.78. The monoisotopic (exact) mass is 193 g/mol. The maximum atomic E-state index is 10.1. The minimum absolute atomic E-state index is 0.101. The van der Waals surface area contributed by atoms with Gasteiger partial charge in [-0.05, 0) is 36.7 Å². The van der Waals surface area contributed by atoms with Gasteiger partial charge in [-0.3, -0.25) is 0 Å². The van der Waals surface area contributed by atoms with Crippen molar-refractivity contribution in [3.63, 3.8) is 0 Å². The highest BCUT2D eigenvalue weighted by molar-refractivity contribution is 5.30. The van der Waals surface area contributed by atoms with Crippen LogP contribution in [-0.2, 0) is 0 Å². The third-order valence-electron chi connectivity index (χ3n) is 4.76. The third kappa shape index (κ3) is 0.902. The van der Waals surface area contributed by atoms with Gasteiger partial charge < -0.3 is 10.4 Å². The Morgan fingerprint density at radius 1 is 1.57 bits per heavy atom. The molecular weight excluding hydrogens is 174 g/mol. The number of hydrogen-bond acceptors (Lipinski definition) is 2. The van der Waals surface area contributed by atoms with Crippen LogP contribution in [0.1, 0.15) is 33.1 Å². The standard InChI is InChI=1S/C12H19NO/c1-8-3-9-4-10(14)11(2)6-12(11,5-8)7-13-9/h4,8-9,13-14H,3,5-7H2,1-2H3. The molecule has 2 aliphatic heterocycles. The lowest BCUT2D eigenvalue weighted by atomic mass is 9.82. The van der Waals surface area contributed by atoms with Crippen molar-refractivity contribution in [1.82, 2.24) is 5.32 Å². The number of aliphatic hydroxyl groups is 1. The number of nitrogens with one attached hydrogen (secondary N) is 1. The smallest absolute Gasteiger partial charge is 0.0963 e. The van der Waals surface area contributed by atoms with Crippen LogP contribution >= 0.6 is 0 Å². The van der Waals surface area contributed by atoms with Gasteiger partial charge in [-0.1, -0.05) is 13.8 Å². The van der Waals surface area contributed by atoms with Crippen molar-refractivity contribution in [3.05, 3.63) is 11.8 Å². The Labute approximate surface area is 85.4 Å². The van der Waals surface area contributed by atoms with E-state index in [1.54, 1.807) is 0 Å². The van der Waals surface area contributed by atoms with Crippen molar-refractivity contribution in [1.29, 1.82) is 0 Å². The summed E-state index contributed by atoms with van der Waals surface area (Å²) in [4.78, 5) is 0. The molecule has 0 radical (unpaired) electrons. The molecular formula is C12H19NO. The SMILES string of the molecule is CC1CC2C=C(O)C3(C)CC3(CN2)C1. The first-order chi connectivity index (χ1) is 6.56. The highest BCUT2D eigenvalue weighted by Gasteiger charge is 2.67. The minimum Gasteiger partial charge on any atom is -0.512 e. The van der Waals surface area contributed by atoms with E-state index in [0.29, 0.717) is 17.2 Å². The van der Waals surface area contributed by atoms with Crippen molar-refractivity contribution in [2.24, 2.45) is 16.7 Å². The Hall–Kier alpha value is -0.500. The van der Waals surface area contributed by atoms with Crippen molar-refractivity contribution in [3.8, 4) is 0 Å². The Morgan fingerprint density at radius 3 is 3.14 bits per heavy atom. The molecule has 14 heavy (non-hydrogen) atoms. The van der Waals surface area contributed by atoms with Gasteiger partial charge in [0, 0.05) is 18.0 Å². The van der Waals surface area contributed by atoms with Gasteiger partial charge in [0.1, 0.15) is 0 Å². The lowest BCUT2D eigenvalue weighted by Crippen LogP contribution is -2.29. The summed E-state index contributed by atoms with van der Waals surface area (Å²) < 4.78 is 0. The third-order valence-corrected chi connectivity index (χ3v) is 4.76. The van der Waals surface area contributed by atoms with Crippen molar-refractivity contribution >= 4 is 0 Å². The second kappa shape index (κ2) is 2.35. The van der Waals surface area contributed by atoms with Crippen molar-refractivity contribution in [2.45, 2.75) is 39.2 Å². The highest BCUT2D eigenvalue weighted by atomic mass is 16.3. The Morgan fingerprint density at radius 2 is 2.36 bits per heavy atom. The molecule has 1 saturated carbocycles. The van der Waals surface area contributed by atoms with Crippen LogP contribution in [0.5, 0.6) is 0 Å². The molecule has 1 spiro atoms. The van der Waals surface area contributed by atoms with E-state index in [-0.39, 0.29) is 5.41 Å². The van der Waals surface area contributed by atoms with Crippen molar-refractivity contribution < 1.29 is 5.11 Å². The molecule has 3 aliphatic rings. The number of hydrogen-bond donors (Lipinski definition) is 2. The molecule has 2 bridgehead atoms. The molecule has 2 fully saturated rings. The second-order valence-electron chi connectivity index (χ2n) is 5.87. The van der Waals surface area contributed by atoms with Crippen LogP contribution in [0.4, 0.5) is 0 Å². The molecule has 4 unspecified atom stereocenters. The molecule has 2 heteroatoms. The van der Waals surface area contributed by atoms with Crippen LogP contribution in [0.15, 0.2) is 11.8 Å². The van der Waals surface area contributed by atoms with Gasteiger partial charge in [0.05, 0.1) is 5.76 Å². The van der Waals surface area contributed by atoms with E-state index in [1.807, 2.05) is 0 Å². The fourth-order valence-electron chi connectivity index (χ4n) is 3.72. The van der Waals surface area contributed by atoms with E-state index >= 15 is 0 Å². The minimum atomic E-state index is 0.101. The van der Waals surface area contributed by atoms with Crippen LogP contribution in [0.3, 0.4) is 0 Å². The van der Waals surface area contributed by atoms with Crippen LogP contribution in [0.2, 0.25) is 0 Å². The van der Waals surface area contributed by atoms with Crippen LogP contribution in [0.25, 0.3) is 0 Å². The highest BCUT2D eigenvalue weighted by Crippen LogP contribution is 2.71. The summed E-state index contributed by atoms with van der Waals surface area (Å²) in [5.74, 6) is 1.44. The van der Waals surface area contributed by atoms with Crippen LogP contribution in [-0.4, -0.2) is 17.7 Å². The molecule has 0 aromatic heterocycles. The molecule has 2 nitrogen and oxygen atoms in total. The van der Waals surface area contributed by atoms with Gasteiger partial charge in [-0.25, -0.2) is 0 Å². The number of aliphatic hydroxyl groups excluding tert-OH is 1. The molecule has 2 heterocycles. The summed E-state index contributed by atoms with van der Waals surface area (Å²) >= 11 is 0. The first-order valence-electron chi connectivity index (χ1n) is 5.70. The van der Waals surface area contributed by atoms with E-state index in [2.05, 4.69) is 25.2 Å². The molecule has 1 saturated heterocycles. The molecule has 0 aromatic rings. The average Bonchev–Trinajstić information content (AvgIpc) is 2.71. The lowest BCUT2D eigenvalue weighted by Gasteiger charge is -2.23. The van der Waals surface area contributed by atoms with Gasteiger partial charge in [0.15, 0.2) is 0 Å². The predicted octanol–water partition coefficient (Wildman–Crippen LogP) is 2.23. The summed E-state index contributed by atoms with van der Waals surface area (Å²) in [6, 6.07) is 0.411. The number of allylic oxidation sites excluding steroid dienone is 1. The lowest BCUT2D eigenvalue weighted by molar-refractivity contribution is 0.250. The number of fused-ring (bicyclic) bond motifs is 2. The molecule has 78 valence electrons. The van der Waals surface area contributed by atoms with E-state index < -0.39 is 0 Å². The summed E-state index contributed by atoms with van der Waals surface area (Å²) in [5, 5.41) is 13.6. The predicted molar refractivity (Wildman–Crippen MR) is 56.1 cm³/mol. The molecule has 0 amide bonds. The molecule has 2 N–H and O–H groups in total. The van der Waals surface area contributed by atoms with Gasteiger partial charge in [-0.15, -0.1) is 0 Å². The Balaban J connectivity index is 2.05.